The molecule has 0 aromatic heterocycles. The first kappa shape index (κ1) is 24.1. The number of nitrogens with one attached hydrogen (secondary N) is 1. The first-order valence-electron chi connectivity index (χ1n) is 9.75. The number of amides is 1. The molecule has 1 amide bonds. The third-order valence-electron chi connectivity index (χ3n) is 4.32. The molecule has 0 bridgehead atoms. The van der Waals surface area contributed by atoms with E-state index in [1.54, 1.807) is 43.3 Å². The Morgan fingerprint density at radius 1 is 1.00 bits per heavy atom. The second-order valence-corrected chi connectivity index (χ2v) is 7.05. The second-order valence-electron chi connectivity index (χ2n) is 6.61. The predicted molar refractivity (Wildman–Crippen MR) is 124 cm³/mol. The van der Waals surface area contributed by atoms with E-state index in [2.05, 4.69) is 10.5 Å². The summed E-state index contributed by atoms with van der Waals surface area (Å²) in [7, 11) is 0. The van der Waals surface area contributed by atoms with E-state index >= 15 is 0 Å². The number of carbonyl (C=O) groups excluding carboxylic acids is 1. The van der Waals surface area contributed by atoms with Gasteiger partial charge in [0.05, 0.1) is 28.7 Å². The highest BCUT2D eigenvalue weighted by atomic mass is 35.5. The summed E-state index contributed by atoms with van der Waals surface area (Å²) in [5, 5.41) is 26.7. The highest BCUT2D eigenvalue weighted by molar-refractivity contribution is 6.30. The van der Waals surface area contributed by atoms with Crippen molar-refractivity contribution in [2.75, 3.05) is 6.61 Å². The van der Waals surface area contributed by atoms with Gasteiger partial charge in [0.2, 0.25) is 5.75 Å². The van der Waals surface area contributed by atoms with Crippen LogP contribution in [-0.4, -0.2) is 28.6 Å². The van der Waals surface area contributed by atoms with Gasteiger partial charge in [-0.2, -0.15) is 5.10 Å². The molecule has 0 fully saturated rings. The third kappa shape index (κ3) is 6.04. The number of nitrogens with zero attached hydrogens (tertiary/aromatic N) is 3. The highest BCUT2D eigenvalue weighted by Crippen LogP contribution is 2.38. The van der Waals surface area contributed by atoms with E-state index < -0.39 is 27.1 Å². The third-order valence-corrected chi connectivity index (χ3v) is 4.58. The van der Waals surface area contributed by atoms with E-state index in [0.717, 1.165) is 18.2 Å². The minimum Gasteiger partial charge on any atom is -0.490 e. The zero-order chi connectivity index (χ0) is 24.7. The number of rotatable bonds is 9. The van der Waals surface area contributed by atoms with Gasteiger partial charge < -0.3 is 9.47 Å². The number of benzene rings is 3. The topological polar surface area (TPSA) is 146 Å². The lowest BCUT2D eigenvalue weighted by atomic mass is 10.2. The lowest BCUT2D eigenvalue weighted by Crippen LogP contribution is -2.17. The first-order valence-corrected chi connectivity index (χ1v) is 10.1. The molecular formula is C22H17ClN4O7. The number of halogens is 1. The maximum atomic E-state index is 12.1. The Kier molecular flexibility index (Phi) is 7.72. The van der Waals surface area contributed by atoms with Gasteiger partial charge in [-0.05, 0) is 61.0 Å². The van der Waals surface area contributed by atoms with Gasteiger partial charge in [0.1, 0.15) is 0 Å². The fraction of sp³-hybridized carbons (Fsp3) is 0.0909. The summed E-state index contributed by atoms with van der Waals surface area (Å²) in [5.41, 5.74) is 2.32. The lowest BCUT2D eigenvalue weighted by Gasteiger charge is -2.12. The molecule has 0 radical (unpaired) electrons. The van der Waals surface area contributed by atoms with Crippen molar-refractivity contribution in [3.63, 3.8) is 0 Å². The molecule has 1 N–H and O–H groups in total. The van der Waals surface area contributed by atoms with Crippen molar-refractivity contribution in [1.82, 2.24) is 5.43 Å². The Labute approximate surface area is 197 Å². The van der Waals surface area contributed by atoms with Crippen molar-refractivity contribution in [2.24, 2.45) is 5.10 Å². The molecule has 11 nitrogen and oxygen atoms in total. The molecule has 3 aromatic carbocycles. The van der Waals surface area contributed by atoms with Crippen molar-refractivity contribution in [3.05, 3.63) is 97.0 Å². The average molecular weight is 485 g/mol. The lowest BCUT2D eigenvalue weighted by molar-refractivity contribution is -0.394. The number of hydrogen-bond acceptors (Lipinski definition) is 8. The van der Waals surface area contributed by atoms with Crippen LogP contribution in [-0.2, 0) is 0 Å². The fourth-order valence-corrected chi connectivity index (χ4v) is 2.88. The van der Waals surface area contributed by atoms with E-state index in [4.69, 9.17) is 21.1 Å². The zero-order valence-electron chi connectivity index (χ0n) is 17.6. The number of non-ortho nitro benzene ring substituents is 1. The molecule has 0 aliphatic carbocycles. The Hall–Kier alpha value is -4.51. The minimum atomic E-state index is -0.771. The van der Waals surface area contributed by atoms with E-state index in [1.807, 2.05) is 0 Å². The van der Waals surface area contributed by atoms with Crippen LogP contribution in [0.4, 0.5) is 11.4 Å². The van der Waals surface area contributed by atoms with Crippen molar-refractivity contribution in [1.29, 1.82) is 0 Å². The largest absolute Gasteiger partial charge is 0.490 e. The summed E-state index contributed by atoms with van der Waals surface area (Å²) in [5.74, 6) is -0.208. The molecule has 12 heteroatoms. The van der Waals surface area contributed by atoms with Gasteiger partial charge in [0.25, 0.3) is 11.6 Å². The Morgan fingerprint density at radius 2 is 1.71 bits per heavy atom. The van der Waals surface area contributed by atoms with Crippen LogP contribution in [0, 0.1) is 20.2 Å². The zero-order valence-corrected chi connectivity index (χ0v) is 18.4. The maximum absolute atomic E-state index is 12.1. The molecule has 3 rings (SSSR count). The van der Waals surface area contributed by atoms with Crippen LogP contribution in [0.5, 0.6) is 17.2 Å². The van der Waals surface area contributed by atoms with Crippen molar-refractivity contribution >= 4 is 35.1 Å². The van der Waals surface area contributed by atoms with E-state index in [1.165, 1.54) is 12.3 Å². The predicted octanol–water partition coefficient (Wildman–Crippen LogP) is 5.11. The number of carbonyl (C=O) groups is 1. The summed E-state index contributed by atoms with van der Waals surface area (Å²) in [6.45, 7) is 2.01. The molecule has 0 saturated carbocycles. The second kappa shape index (κ2) is 10.9. The van der Waals surface area contributed by atoms with Crippen LogP contribution in [0.3, 0.4) is 0 Å². The summed E-state index contributed by atoms with van der Waals surface area (Å²) in [6.07, 6.45) is 1.38. The van der Waals surface area contributed by atoms with Gasteiger partial charge in [-0.15, -0.1) is 0 Å². The van der Waals surface area contributed by atoms with Gasteiger partial charge in [0.15, 0.2) is 11.5 Å². The number of hydrazone groups is 1. The van der Waals surface area contributed by atoms with E-state index in [9.17, 15) is 25.0 Å². The van der Waals surface area contributed by atoms with Crippen LogP contribution < -0.4 is 14.9 Å². The summed E-state index contributed by atoms with van der Waals surface area (Å²) in [6, 6.07) is 14.0. The molecule has 174 valence electrons. The van der Waals surface area contributed by atoms with Gasteiger partial charge in [0, 0.05) is 16.7 Å². The highest BCUT2D eigenvalue weighted by Gasteiger charge is 2.22. The molecule has 0 aliphatic heterocycles. The Balaban J connectivity index is 1.80. The number of hydrogen-bond donors (Lipinski definition) is 1. The van der Waals surface area contributed by atoms with Crippen molar-refractivity contribution < 1.29 is 24.1 Å². The standard InChI is InChI=1S/C22H17ClN4O7/c1-2-33-21-11-14(13-24-25-22(28)15-4-6-16(23)7-5-15)3-9-20(21)34-19-10-8-17(26(29)30)12-18(19)27(31)32/h3-13H,2H2,1H3,(H,25,28). The van der Waals surface area contributed by atoms with Crippen molar-refractivity contribution in [2.45, 2.75) is 6.92 Å². The molecule has 0 unspecified atom stereocenters. The molecule has 0 heterocycles. The average Bonchev–Trinajstić information content (AvgIpc) is 2.81. The molecule has 34 heavy (non-hydrogen) atoms. The van der Waals surface area contributed by atoms with E-state index in [-0.39, 0.29) is 23.9 Å². The number of ether oxygens (including phenoxy) is 2. The fourth-order valence-electron chi connectivity index (χ4n) is 2.76. The van der Waals surface area contributed by atoms with Gasteiger partial charge >= 0.3 is 5.69 Å². The van der Waals surface area contributed by atoms with Crippen LogP contribution in [0.1, 0.15) is 22.8 Å². The molecule has 0 spiro atoms. The molecule has 0 saturated heterocycles. The normalized spacial score (nSPS) is 10.6. The minimum absolute atomic E-state index is 0.154. The molecule has 0 atom stereocenters. The summed E-state index contributed by atoms with van der Waals surface area (Å²) in [4.78, 5) is 32.9. The van der Waals surface area contributed by atoms with Crippen LogP contribution in [0.2, 0.25) is 5.02 Å². The van der Waals surface area contributed by atoms with Crippen LogP contribution in [0.15, 0.2) is 65.8 Å². The summed E-state index contributed by atoms with van der Waals surface area (Å²) < 4.78 is 11.2. The van der Waals surface area contributed by atoms with Crippen molar-refractivity contribution in [3.8, 4) is 17.2 Å². The quantitative estimate of drug-likeness (QED) is 0.252. The molecule has 3 aromatic rings. The van der Waals surface area contributed by atoms with Gasteiger partial charge in [-0.25, -0.2) is 5.43 Å². The summed E-state index contributed by atoms with van der Waals surface area (Å²) >= 11 is 5.80. The Morgan fingerprint density at radius 3 is 2.35 bits per heavy atom. The number of nitro benzene ring substituents is 2. The van der Waals surface area contributed by atoms with Crippen LogP contribution in [0.25, 0.3) is 0 Å². The molecular weight excluding hydrogens is 468 g/mol. The van der Waals surface area contributed by atoms with Crippen LogP contribution >= 0.6 is 11.6 Å². The monoisotopic (exact) mass is 484 g/mol. The van der Waals surface area contributed by atoms with Gasteiger partial charge in [-0.3, -0.25) is 25.0 Å². The van der Waals surface area contributed by atoms with E-state index in [0.29, 0.717) is 16.1 Å². The Bertz CT molecular complexity index is 1260. The van der Waals surface area contributed by atoms with Gasteiger partial charge in [-0.1, -0.05) is 11.6 Å². The SMILES string of the molecule is CCOc1cc(C=NNC(=O)c2ccc(Cl)cc2)ccc1Oc1ccc([N+](=O)[O-])cc1[N+](=O)[O-]. The maximum Gasteiger partial charge on any atom is 0.318 e. The molecule has 0 aliphatic rings. The first-order chi connectivity index (χ1) is 16.3. The smallest absolute Gasteiger partial charge is 0.318 e. The number of nitro groups is 2.